The Morgan fingerprint density at radius 3 is 2.84 bits per heavy atom. The summed E-state index contributed by atoms with van der Waals surface area (Å²) in [5.41, 5.74) is 0.491. The van der Waals surface area contributed by atoms with Crippen LogP contribution < -0.4 is 4.74 Å². The molecule has 3 rings (SSSR count). The van der Waals surface area contributed by atoms with Crippen LogP contribution in [0.25, 0.3) is 5.78 Å². The van der Waals surface area contributed by atoms with Gasteiger partial charge in [0.1, 0.15) is 11.7 Å². The predicted molar refractivity (Wildman–Crippen MR) is 93.8 cm³/mol. The minimum Gasteiger partial charge on any atom is -0.471 e. The number of imidazole rings is 1. The number of aromatic nitrogens is 3. The van der Waals surface area contributed by atoms with Gasteiger partial charge in [-0.05, 0) is 40.2 Å². The number of fused-ring (bicyclic) bond motifs is 1. The third kappa shape index (κ3) is 3.70. The average Bonchev–Trinajstić information content (AvgIpc) is 3.05. The lowest BCUT2D eigenvalue weighted by Gasteiger charge is -2.26. The number of amides is 1. The van der Waals surface area contributed by atoms with Gasteiger partial charge in [0.2, 0.25) is 11.7 Å². The third-order valence-corrected chi connectivity index (χ3v) is 4.24. The summed E-state index contributed by atoms with van der Waals surface area (Å²) in [7, 11) is 0. The average molecular weight is 346 g/mol. The molecule has 136 valence electrons. The molecule has 0 N–H and O–H groups in total. The third-order valence-electron chi connectivity index (χ3n) is 4.24. The highest BCUT2D eigenvalue weighted by atomic mass is 16.6. The van der Waals surface area contributed by atoms with E-state index in [4.69, 9.17) is 9.47 Å². The summed E-state index contributed by atoms with van der Waals surface area (Å²) < 4.78 is 13.6. The van der Waals surface area contributed by atoms with Gasteiger partial charge in [0.25, 0.3) is 0 Å². The number of rotatable bonds is 3. The van der Waals surface area contributed by atoms with Crippen LogP contribution in [0.1, 0.15) is 46.7 Å². The van der Waals surface area contributed by atoms with E-state index in [1.165, 1.54) is 0 Å². The summed E-state index contributed by atoms with van der Waals surface area (Å²) in [6, 6.07) is 1.94. The Kier molecular flexibility index (Phi) is 4.58. The number of aryl methyl sites for hydroxylation is 1. The summed E-state index contributed by atoms with van der Waals surface area (Å²) in [6.07, 6.45) is 4.80. The normalized spacial score (nSPS) is 20.9. The summed E-state index contributed by atoms with van der Waals surface area (Å²) in [5, 5.41) is 0. The van der Waals surface area contributed by atoms with E-state index in [1.807, 2.05) is 44.4 Å². The molecule has 2 atom stereocenters. The minimum absolute atomic E-state index is 0.0695. The van der Waals surface area contributed by atoms with Crippen LogP contribution in [0.3, 0.4) is 0 Å². The van der Waals surface area contributed by atoms with Gasteiger partial charge in [0.15, 0.2) is 0 Å². The molecule has 1 saturated heterocycles. The summed E-state index contributed by atoms with van der Waals surface area (Å²) in [6.45, 7) is 10.2. The molecule has 0 bridgehead atoms. The molecule has 1 aliphatic rings. The van der Waals surface area contributed by atoms with Crippen molar-refractivity contribution in [3.63, 3.8) is 0 Å². The van der Waals surface area contributed by atoms with Crippen molar-refractivity contribution in [3.05, 3.63) is 24.2 Å². The van der Waals surface area contributed by atoms with Crippen LogP contribution in [-0.4, -0.2) is 49.7 Å². The van der Waals surface area contributed by atoms with Crippen LogP contribution >= 0.6 is 0 Å². The van der Waals surface area contributed by atoms with Crippen molar-refractivity contribution < 1.29 is 14.3 Å². The van der Waals surface area contributed by atoms with Gasteiger partial charge in [-0.2, -0.15) is 4.98 Å². The van der Waals surface area contributed by atoms with E-state index in [2.05, 4.69) is 16.9 Å². The first-order valence-electron chi connectivity index (χ1n) is 8.76. The van der Waals surface area contributed by atoms with Crippen molar-refractivity contribution in [2.75, 3.05) is 6.54 Å². The smallest absolute Gasteiger partial charge is 0.410 e. The standard InChI is InChI=1S/C18H26N4O3/c1-6-14-15(20-16-19-8-7-9-21(14)16)24-13-10-12(2)22(11-13)17(23)25-18(3,4)5/h7-9,12-13H,6,10-11H2,1-5H3/t12-,13+/m0/s1. The molecule has 1 amide bonds. The maximum absolute atomic E-state index is 12.4. The van der Waals surface area contributed by atoms with Gasteiger partial charge < -0.3 is 14.4 Å². The van der Waals surface area contributed by atoms with Crippen LogP contribution in [0.15, 0.2) is 18.5 Å². The number of hydrogen-bond donors (Lipinski definition) is 0. The zero-order chi connectivity index (χ0) is 18.2. The van der Waals surface area contributed by atoms with Crippen molar-refractivity contribution in [3.8, 4) is 5.88 Å². The van der Waals surface area contributed by atoms with Crippen molar-refractivity contribution in [1.82, 2.24) is 19.3 Å². The fourth-order valence-electron chi connectivity index (χ4n) is 3.13. The highest BCUT2D eigenvalue weighted by Gasteiger charge is 2.36. The lowest BCUT2D eigenvalue weighted by Crippen LogP contribution is -2.39. The molecule has 0 unspecified atom stereocenters. The zero-order valence-electron chi connectivity index (χ0n) is 15.5. The molecule has 0 aromatic carbocycles. The van der Waals surface area contributed by atoms with Crippen molar-refractivity contribution >= 4 is 11.9 Å². The van der Waals surface area contributed by atoms with Gasteiger partial charge in [0, 0.05) is 24.9 Å². The quantitative estimate of drug-likeness (QED) is 0.854. The highest BCUT2D eigenvalue weighted by Crippen LogP contribution is 2.27. The lowest BCUT2D eigenvalue weighted by molar-refractivity contribution is 0.0223. The fourth-order valence-corrected chi connectivity index (χ4v) is 3.13. The molecule has 25 heavy (non-hydrogen) atoms. The predicted octanol–water partition coefficient (Wildman–Crippen LogP) is 3.07. The maximum Gasteiger partial charge on any atom is 0.410 e. The van der Waals surface area contributed by atoms with Crippen LogP contribution in [0.2, 0.25) is 0 Å². The number of hydrogen-bond acceptors (Lipinski definition) is 5. The number of ether oxygens (including phenoxy) is 2. The van der Waals surface area contributed by atoms with Crippen molar-refractivity contribution in [2.45, 2.75) is 65.2 Å². The molecule has 2 aromatic heterocycles. The van der Waals surface area contributed by atoms with E-state index >= 15 is 0 Å². The molecule has 1 aliphatic heterocycles. The first-order valence-corrected chi connectivity index (χ1v) is 8.76. The second kappa shape index (κ2) is 6.54. The first kappa shape index (κ1) is 17.5. The van der Waals surface area contributed by atoms with Gasteiger partial charge in [0.05, 0.1) is 12.2 Å². The second-order valence-corrected chi connectivity index (χ2v) is 7.46. The summed E-state index contributed by atoms with van der Waals surface area (Å²) in [4.78, 5) is 22.9. The van der Waals surface area contributed by atoms with Gasteiger partial charge in [-0.25, -0.2) is 9.78 Å². The Hall–Kier alpha value is -2.31. The molecule has 7 heteroatoms. The van der Waals surface area contributed by atoms with Crippen LogP contribution in [0.4, 0.5) is 4.79 Å². The van der Waals surface area contributed by atoms with Gasteiger partial charge in [-0.15, -0.1) is 0 Å². The van der Waals surface area contributed by atoms with Gasteiger partial charge in [-0.3, -0.25) is 4.40 Å². The molecule has 1 fully saturated rings. The number of carbonyl (C=O) groups excluding carboxylic acids is 1. The van der Waals surface area contributed by atoms with Crippen LogP contribution in [-0.2, 0) is 11.2 Å². The second-order valence-electron chi connectivity index (χ2n) is 7.46. The molecular formula is C18H26N4O3. The number of nitrogens with zero attached hydrogens (tertiary/aromatic N) is 4. The van der Waals surface area contributed by atoms with E-state index in [0.29, 0.717) is 18.2 Å². The molecule has 3 heterocycles. The van der Waals surface area contributed by atoms with Crippen LogP contribution in [0, 0.1) is 0 Å². The monoisotopic (exact) mass is 346 g/mol. The maximum atomic E-state index is 12.4. The zero-order valence-corrected chi connectivity index (χ0v) is 15.5. The lowest BCUT2D eigenvalue weighted by atomic mass is 10.2. The summed E-state index contributed by atoms with van der Waals surface area (Å²) in [5.74, 6) is 1.23. The molecular weight excluding hydrogens is 320 g/mol. The molecule has 0 radical (unpaired) electrons. The molecule has 7 nitrogen and oxygen atoms in total. The first-order chi connectivity index (χ1) is 11.8. The molecule has 0 spiro atoms. The Labute approximate surface area is 148 Å². The van der Waals surface area contributed by atoms with E-state index in [9.17, 15) is 4.79 Å². The van der Waals surface area contributed by atoms with E-state index in [0.717, 1.165) is 18.5 Å². The largest absolute Gasteiger partial charge is 0.471 e. The minimum atomic E-state index is -0.502. The number of likely N-dealkylation sites (tertiary alicyclic amines) is 1. The Balaban J connectivity index is 1.73. The Morgan fingerprint density at radius 1 is 1.40 bits per heavy atom. The van der Waals surface area contributed by atoms with Gasteiger partial charge >= 0.3 is 6.09 Å². The van der Waals surface area contributed by atoms with Crippen molar-refractivity contribution in [1.29, 1.82) is 0 Å². The van der Waals surface area contributed by atoms with E-state index in [1.54, 1.807) is 11.1 Å². The Bertz CT molecular complexity index is 765. The van der Waals surface area contributed by atoms with Crippen molar-refractivity contribution in [2.24, 2.45) is 0 Å². The highest BCUT2D eigenvalue weighted by molar-refractivity contribution is 5.69. The van der Waals surface area contributed by atoms with Gasteiger partial charge in [-0.1, -0.05) is 6.92 Å². The molecule has 2 aromatic rings. The molecule has 0 saturated carbocycles. The molecule has 0 aliphatic carbocycles. The fraction of sp³-hybridized carbons (Fsp3) is 0.611. The topological polar surface area (TPSA) is 69.0 Å². The van der Waals surface area contributed by atoms with Crippen LogP contribution in [0.5, 0.6) is 5.88 Å². The van der Waals surface area contributed by atoms with E-state index < -0.39 is 5.60 Å². The van der Waals surface area contributed by atoms with E-state index in [-0.39, 0.29) is 18.2 Å². The SMILES string of the molecule is CCc1c(O[C@@H]2C[C@H](C)N(C(=O)OC(C)(C)C)C2)nc2ncccn12. The number of carbonyl (C=O) groups is 1. The summed E-state index contributed by atoms with van der Waals surface area (Å²) >= 11 is 0. The Morgan fingerprint density at radius 2 is 2.16 bits per heavy atom.